The fourth-order valence-corrected chi connectivity index (χ4v) is 2.75. The molecule has 144 valence electrons. The van der Waals surface area contributed by atoms with E-state index in [0.29, 0.717) is 17.0 Å². The molecule has 2 aromatic rings. The second kappa shape index (κ2) is 8.08. The van der Waals surface area contributed by atoms with E-state index in [2.05, 4.69) is 5.32 Å². The van der Waals surface area contributed by atoms with Gasteiger partial charge in [0.25, 0.3) is 11.8 Å². The molecule has 3 rings (SSSR count). The molecule has 1 aliphatic heterocycles. The van der Waals surface area contributed by atoms with Crippen molar-refractivity contribution in [1.82, 2.24) is 5.32 Å². The number of imide groups is 2. The van der Waals surface area contributed by atoms with E-state index in [-0.39, 0.29) is 11.7 Å². The molecular weight excluding hydrogens is 356 g/mol. The zero-order chi connectivity index (χ0) is 20.3. The Labute approximate surface area is 163 Å². The number of nitrogens with one attached hydrogen (secondary N) is 1. The second-order valence-electron chi connectivity index (χ2n) is 6.67. The average molecular weight is 378 g/mol. The van der Waals surface area contributed by atoms with Crippen LogP contribution in [0.15, 0.2) is 54.1 Å². The predicted octanol–water partition coefficient (Wildman–Crippen LogP) is 3.84. The van der Waals surface area contributed by atoms with E-state index < -0.39 is 17.8 Å². The maximum absolute atomic E-state index is 13.0. The van der Waals surface area contributed by atoms with E-state index >= 15 is 0 Å². The topological polar surface area (TPSA) is 75.7 Å². The molecule has 4 amide bonds. The summed E-state index contributed by atoms with van der Waals surface area (Å²) in [7, 11) is 0. The Balaban J connectivity index is 1.99. The number of ether oxygens (including phenoxy) is 1. The van der Waals surface area contributed by atoms with Gasteiger partial charge in [-0.3, -0.25) is 14.9 Å². The summed E-state index contributed by atoms with van der Waals surface area (Å²) in [5, 5.41) is 2.23. The summed E-state index contributed by atoms with van der Waals surface area (Å²) in [4.78, 5) is 38.5. The van der Waals surface area contributed by atoms with Gasteiger partial charge in [-0.15, -0.1) is 0 Å². The molecule has 1 saturated heterocycles. The predicted molar refractivity (Wildman–Crippen MR) is 107 cm³/mol. The molecule has 0 radical (unpaired) electrons. The average Bonchev–Trinajstić information content (AvgIpc) is 2.67. The first-order valence-electron chi connectivity index (χ1n) is 9.14. The number of nitrogens with zero attached hydrogens (tertiary/aromatic N) is 1. The molecule has 1 atom stereocenters. The van der Waals surface area contributed by atoms with E-state index in [4.69, 9.17) is 4.74 Å². The molecule has 1 heterocycles. The molecule has 6 heteroatoms. The molecule has 2 aromatic carbocycles. The van der Waals surface area contributed by atoms with E-state index in [0.717, 1.165) is 16.9 Å². The van der Waals surface area contributed by atoms with Crippen molar-refractivity contribution < 1.29 is 19.1 Å². The largest absolute Gasteiger partial charge is 0.490 e. The number of para-hydroxylation sites is 1. The lowest BCUT2D eigenvalue weighted by atomic mass is 10.1. The SMILES string of the molecule is CCC(C)Oc1ccccc1/C=C1/C(=O)NC(=O)N(c2ccc(C)cc2)C1=O. The van der Waals surface area contributed by atoms with Crippen LogP contribution >= 0.6 is 0 Å². The van der Waals surface area contributed by atoms with Gasteiger partial charge in [-0.1, -0.05) is 42.8 Å². The van der Waals surface area contributed by atoms with Crippen LogP contribution in [0.1, 0.15) is 31.4 Å². The molecule has 0 aromatic heterocycles. The fraction of sp³-hybridized carbons (Fsp3) is 0.227. The molecule has 6 nitrogen and oxygen atoms in total. The van der Waals surface area contributed by atoms with Crippen LogP contribution in [0.3, 0.4) is 0 Å². The third kappa shape index (κ3) is 3.96. The van der Waals surface area contributed by atoms with Crippen molar-refractivity contribution in [2.75, 3.05) is 4.90 Å². The summed E-state index contributed by atoms with van der Waals surface area (Å²) < 4.78 is 5.88. The third-order valence-electron chi connectivity index (χ3n) is 4.52. The summed E-state index contributed by atoms with van der Waals surface area (Å²) in [5.41, 5.74) is 1.87. The number of aryl methyl sites for hydroxylation is 1. The zero-order valence-electron chi connectivity index (χ0n) is 16.1. The number of carbonyl (C=O) groups is 3. The lowest BCUT2D eigenvalue weighted by Gasteiger charge is -2.26. The summed E-state index contributed by atoms with van der Waals surface area (Å²) in [6, 6.07) is 13.3. The van der Waals surface area contributed by atoms with Gasteiger partial charge in [0.1, 0.15) is 11.3 Å². The number of rotatable bonds is 5. The first kappa shape index (κ1) is 19.4. The lowest BCUT2D eigenvalue weighted by Crippen LogP contribution is -2.54. The van der Waals surface area contributed by atoms with Gasteiger partial charge < -0.3 is 4.74 Å². The van der Waals surface area contributed by atoms with Crippen LogP contribution in [0.25, 0.3) is 6.08 Å². The van der Waals surface area contributed by atoms with Gasteiger partial charge in [0, 0.05) is 5.56 Å². The highest BCUT2D eigenvalue weighted by Crippen LogP contribution is 2.26. The first-order valence-corrected chi connectivity index (χ1v) is 9.14. The highest BCUT2D eigenvalue weighted by atomic mass is 16.5. The molecular formula is C22H22N2O4. The van der Waals surface area contributed by atoms with Crippen LogP contribution in [0.5, 0.6) is 5.75 Å². The summed E-state index contributed by atoms with van der Waals surface area (Å²) in [6.07, 6.45) is 2.27. The Morgan fingerprint density at radius 2 is 1.75 bits per heavy atom. The Kier molecular flexibility index (Phi) is 5.59. The molecule has 0 bridgehead atoms. The van der Waals surface area contributed by atoms with Crippen molar-refractivity contribution in [3.63, 3.8) is 0 Å². The minimum Gasteiger partial charge on any atom is -0.490 e. The molecule has 1 N–H and O–H groups in total. The molecule has 1 unspecified atom stereocenters. The number of barbiturate groups is 1. The minimum absolute atomic E-state index is 0.0129. The lowest BCUT2D eigenvalue weighted by molar-refractivity contribution is -0.122. The zero-order valence-corrected chi connectivity index (χ0v) is 16.1. The third-order valence-corrected chi connectivity index (χ3v) is 4.52. The van der Waals surface area contributed by atoms with E-state index in [1.165, 1.54) is 6.08 Å². The number of benzene rings is 2. The number of hydrogen-bond donors (Lipinski definition) is 1. The van der Waals surface area contributed by atoms with Crippen molar-refractivity contribution in [3.8, 4) is 5.75 Å². The Hall–Kier alpha value is -3.41. The first-order chi connectivity index (χ1) is 13.4. The van der Waals surface area contributed by atoms with Gasteiger partial charge in [0.2, 0.25) is 0 Å². The van der Waals surface area contributed by atoms with Gasteiger partial charge in [0.05, 0.1) is 11.8 Å². The van der Waals surface area contributed by atoms with Crippen molar-refractivity contribution in [1.29, 1.82) is 0 Å². The van der Waals surface area contributed by atoms with Crippen molar-refractivity contribution in [2.24, 2.45) is 0 Å². The van der Waals surface area contributed by atoms with Crippen molar-refractivity contribution >= 4 is 29.6 Å². The molecule has 0 saturated carbocycles. The van der Waals surface area contributed by atoms with E-state index in [9.17, 15) is 14.4 Å². The summed E-state index contributed by atoms with van der Waals surface area (Å²) >= 11 is 0. The number of anilines is 1. The molecule has 1 fully saturated rings. The van der Waals surface area contributed by atoms with Crippen LogP contribution in [0, 0.1) is 6.92 Å². The van der Waals surface area contributed by atoms with E-state index in [1.54, 1.807) is 42.5 Å². The monoisotopic (exact) mass is 378 g/mol. The quantitative estimate of drug-likeness (QED) is 0.634. The van der Waals surface area contributed by atoms with Gasteiger partial charge in [0.15, 0.2) is 0 Å². The number of hydrogen-bond acceptors (Lipinski definition) is 4. The normalized spacial score (nSPS) is 16.9. The van der Waals surface area contributed by atoms with E-state index in [1.807, 2.05) is 26.8 Å². The minimum atomic E-state index is -0.764. The van der Waals surface area contributed by atoms with Crippen LogP contribution in [-0.2, 0) is 9.59 Å². The van der Waals surface area contributed by atoms with Gasteiger partial charge in [-0.2, -0.15) is 0 Å². The molecule has 28 heavy (non-hydrogen) atoms. The fourth-order valence-electron chi connectivity index (χ4n) is 2.75. The standard InChI is InChI=1S/C22H22N2O4/c1-4-15(3)28-19-8-6-5-7-16(19)13-18-20(25)23-22(27)24(21(18)26)17-11-9-14(2)10-12-17/h5-13,15H,4H2,1-3H3,(H,23,25,27)/b18-13-. The van der Waals surface area contributed by atoms with Crippen LogP contribution in [0.2, 0.25) is 0 Å². The maximum Gasteiger partial charge on any atom is 0.335 e. The number of urea groups is 1. The summed E-state index contributed by atoms with van der Waals surface area (Å²) in [5.74, 6) is -0.823. The molecule has 0 aliphatic carbocycles. The van der Waals surface area contributed by atoms with Gasteiger partial charge in [-0.05, 0) is 44.5 Å². The van der Waals surface area contributed by atoms with Crippen LogP contribution in [-0.4, -0.2) is 23.9 Å². The highest BCUT2D eigenvalue weighted by Gasteiger charge is 2.36. The van der Waals surface area contributed by atoms with Gasteiger partial charge >= 0.3 is 6.03 Å². The number of amides is 4. The summed E-state index contributed by atoms with van der Waals surface area (Å²) in [6.45, 7) is 5.86. The van der Waals surface area contributed by atoms with Gasteiger partial charge in [-0.25, -0.2) is 9.69 Å². The Morgan fingerprint density at radius 3 is 2.43 bits per heavy atom. The molecule has 0 spiro atoms. The van der Waals surface area contributed by atoms with Crippen LogP contribution < -0.4 is 15.0 Å². The maximum atomic E-state index is 13.0. The van der Waals surface area contributed by atoms with Crippen molar-refractivity contribution in [3.05, 3.63) is 65.2 Å². The number of carbonyl (C=O) groups excluding carboxylic acids is 3. The van der Waals surface area contributed by atoms with Crippen LogP contribution in [0.4, 0.5) is 10.5 Å². The smallest absolute Gasteiger partial charge is 0.335 e. The molecule has 1 aliphatic rings. The highest BCUT2D eigenvalue weighted by molar-refractivity contribution is 6.39. The van der Waals surface area contributed by atoms with Crippen molar-refractivity contribution in [2.45, 2.75) is 33.3 Å². The Morgan fingerprint density at radius 1 is 1.07 bits per heavy atom. The second-order valence-corrected chi connectivity index (χ2v) is 6.67. The Bertz CT molecular complexity index is 947.